The predicted molar refractivity (Wildman–Crippen MR) is 151 cm³/mol. The van der Waals surface area contributed by atoms with Crippen LogP contribution in [-0.4, -0.2) is 9.97 Å². The molecule has 0 atom stereocenters. The van der Waals surface area contributed by atoms with Crippen molar-refractivity contribution in [3.05, 3.63) is 133 Å². The summed E-state index contributed by atoms with van der Waals surface area (Å²) in [4.78, 5) is 10.2. The highest BCUT2D eigenvalue weighted by molar-refractivity contribution is 6.10. The van der Waals surface area contributed by atoms with E-state index in [1.54, 1.807) is 0 Å². The van der Waals surface area contributed by atoms with Gasteiger partial charge in [-0.25, -0.2) is 4.98 Å². The van der Waals surface area contributed by atoms with Gasteiger partial charge in [0.1, 0.15) is 5.58 Å². The molecule has 0 N–H and O–H groups in total. The average Bonchev–Trinajstić information content (AvgIpc) is 3.36. The molecular weight excluding hydrogens is 452 g/mol. The molecule has 3 nitrogen and oxygen atoms in total. The Balaban J connectivity index is 1.51. The topological polar surface area (TPSA) is 38.9 Å². The smallest absolute Gasteiger partial charge is 0.231 e. The Morgan fingerprint density at radius 2 is 1.08 bits per heavy atom. The number of furan rings is 1. The molecule has 0 unspecified atom stereocenters. The van der Waals surface area contributed by atoms with Gasteiger partial charge in [0.2, 0.25) is 5.71 Å². The normalized spacial score (nSPS) is 11.2. The summed E-state index contributed by atoms with van der Waals surface area (Å²) in [6.07, 6.45) is 0. The van der Waals surface area contributed by atoms with Crippen LogP contribution in [0.5, 0.6) is 0 Å². The number of hydrogen-bond acceptors (Lipinski definition) is 3. The second-order valence-corrected chi connectivity index (χ2v) is 9.03. The summed E-state index contributed by atoms with van der Waals surface area (Å²) in [5.41, 5.74) is 8.78. The van der Waals surface area contributed by atoms with Crippen molar-refractivity contribution in [1.82, 2.24) is 9.97 Å². The van der Waals surface area contributed by atoms with Crippen LogP contribution in [0, 0.1) is 0 Å². The lowest BCUT2D eigenvalue weighted by atomic mass is 9.98. The van der Waals surface area contributed by atoms with E-state index >= 15 is 0 Å². The van der Waals surface area contributed by atoms with Crippen molar-refractivity contribution in [2.75, 3.05) is 0 Å². The lowest BCUT2D eigenvalue weighted by Gasteiger charge is -2.12. The molecule has 0 aliphatic heterocycles. The Bertz CT molecular complexity index is 1870. The molecule has 2 heterocycles. The van der Waals surface area contributed by atoms with Gasteiger partial charge in [0, 0.05) is 16.5 Å². The fourth-order valence-corrected chi connectivity index (χ4v) is 4.98. The molecule has 0 fully saturated rings. The van der Waals surface area contributed by atoms with Gasteiger partial charge in [0.05, 0.1) is 11.1 Å². The van der Waals surface area contributed by atoms with E-state index < -0.39 is 0 Å². The molecule has 174 valence electrons. The average molecular weight is 475 g/mol. The molecule has 37 heavy (non-hydrogen) atoms. The Hall–Kier alpha value is -5.02. The van der Waals surface area contributed by atoms with Gasteiger partial charge < -0.3 is 4.42 Å². The second kappa shape index (κ2) is 8.89. The monoisotopic (exact) mass is 474 g/mol. The number of fused-ring (bicyclic) bond motifs is 3. The summed E-state index contributed by atoms with van der Waals surface area (Å²) in [6, 6.07) is 45.7. The maximum absolute atomic E-state index is 6.29. The molecule has 0 aliphatic carbocycles. The first-order valence-electron chi connectivity index (χ1n) is 12.4. The third-order valence-electron chi connectivity index (χ3n) is 6.73. The highest BCUT2D eigenvalue weighted by Gasteiger charge is 2.19. The zero-order valence-electron chi connectivity index (χ0n) is 20.0. The van der Waals surface area contributed by atoms with Crippen molar-refractivity contribution in [3.8, 4) is 44.9 Å². The summed E-state index contributed by atoms with van der Waals surface area (Å²) >= 11 is 0. The maximum atomic E-state index is 6.29. The van der Waals surface area contributed by atoms with Crippen LogP contribution in [0.25, 0.3) is 67.0 Å². The van der Waals surface area contributed by atoms with E-state index in [-0.39, 0.29) is 0 Å². The molecule has 7 aromatic rings. The van der Waals surface area contributed by atoms with Crippen LogP contribution in [0.3, 0.4) is 0 Å². The fraction of sp³-hybridized carbons (Fsp3) is 0. The summed E-state index contributed by atoms with van der Waals surface area (Å²) in [6.45, 7) is 0. The molecule has 5 aromatic carbocycles. The molecule has 0 aliphatic rings. The molecule has 0 bridgehead atoms. The van der Waals surface area contributed by atoms with Gasteiger partial charge in [0.25, 0.3) is 0 Å². The molecule has 3 heteroatoms. The number of para-hydroxylation sites is 1. The molecule has 0 radical (unpaired) electrons. The SMILES string of the molecule is c1ccc(-c2cccc(-c3nc(-c4ccccc4-c4ccccc4)nc4oc5ccccc5c34)c2)cc1. The molecule has 2 aromatic heterocycles. The van der Waals surface area contributed by atoms with Crippen LogP contribution in [0.2, 0.25) is 0 Å². The van der Waals surface area contributed by atoms with E-state index in [4.69, 9.17) is 14.4 Å². The van der Waals surface area contributed by atoms with Crippen LogP contribution in [0.1, 0.15) is 0 Å². The molecule has 0 saturated carbocycles. The zero-order chi connectivity index (χ0) is 24.6. The molecule has 0 spiro atoms. The molecule has 0 saturated heterocycles. The van der Waals surface area contributed by atoms with Gasteiger partial charge in [-0.3, -0.25) is 0 Å². The Labute approximate surface area is 214 Å². The number of aromatic nitrogens is 2. The van der Waals surface area contributed by atoms with Crippen molar-refractivity contribution in [2.24, 2.45) is 0 Å². The fourth-order valence-electron chi connectivity index (χ4n) is 4.98. The first-order chi connectivity index (χ1) is 18.3. The van der Waals surface area contributed by atoms with Crippen molar-refractivity contribution >= 4 is 22.1 Å². The summed E-state index contributed by atoms with van der Waals surface area (Å²) in [5, 5.41) is 1.95. The van der Waals surface area contributed by atoms with E-state index in [9.17, 15) is 0 Å². The second-order valence-electron chi connectivity index (χ2n) is 9.03. The third kappa shape index (κ3) is 3.78. The van der Waals surface area contributed by atoms with Crippen LogP contribution < -0.4 is 0 Å². The van der Waals surface area contributed by atoms with Crippen LogP contribution >= 0.6 is 0 Å². The van der Waals surface area contributed by atoms with Crippen LogP contribution in [0.15, 0.2) is 138 Å². The van der Waals surface area contributed by atoms with E-state index in [0.717, 1.165) is 49.9 Å². The quantitative estimate of drug-likeness (QED) is 0.255. The summed E-state index contributed by atoms with van der Waals surface area (Å²) in [5.74, 6) is 0.645. The lowest BCUT2D eigenvalue weighted by Crippen LogP contribution is -1.96. The van der Waals surface area contributed by atoms with Crippen molar-refractivity contribution in [2.45, 2.75) is 0 Å². The molecule has 7 rings (SSSR count). The summed E-state index contributed by atoms with van der Waals surface area (Å²) in [7, 11) is 0. The lowest BCUT2D eigenvalue weighted by molar-refractivity contribution is 0.653. The van der Waals surface area contributed by atoms with E-state index in [0.29, 0.717) is 11.5 Å². The predicted octanol–water partition coefficient (Wildman–Crippen LogP) is 9.04. The van der Waals surface area contributed by atoms with Crippen molar-refractivity contribution in [1.29, 1.82) is 0 Å². The number of nitrogens with zero attached hydrogens (tertiary/aromatic N) is 2. The number of rotatable bonds is 4. The van der Waals surface area contributed by atoms with E-state index in [2.05, 4.69) is 97.1 Å². The maximum Gasteiger partial charge on any atom is 0.231 e. The highest BCUT2D eigenvalue weighted by Crippen LogP contribution is 2.39. The minimum absolute atomic E-state index is 0.592. The minimum atomic E-state index is 0.592. The van der Waals surface area contributed by atoms with Gasteiger partial charge in [-0.15, -0.1) is 0 Å². The van der Waals surface area contributed by atoms with Gasteiger partial charge in [-0.2, -0.15) is 4.98 Å². The van der Waals surface area contributed by atoms with Gasteiger partial charge in [-0.05, 0) is 34.4 Å². The third-order valence-corrected chi connectivity index (χ3v) is 6.73. The van der Waals surface area contributed by atoms with Crippen LogP contribution in [0.4, 0.5) is 0 Å². The van der Waals surface area contributed by atoms with Crippen LogP contribution in [-0.2, 0) is 0 Å². The largest absolute Gasteiger partial charge is 0.438 e. The zero-order valence-corrected chi connectivity index (χ0v) is 20.0. The Kier molecular flexibility index (Phi) is 5.11. The van der Waals surface area contributed by atoms with Gasteiger partial charge >= 0.3 is 0 Å². The van der Waals surface area contributed by atoms with E-state index in [1.165, 1.54) is 5.56 Å². The minimum Gasteiger partial charge on any atom is -0.438 e. The highest BCUT2D eigenvalue weighted by atomic mass is 16.3. The summed E-state index contributed by atoms with van der Waals surface area (Å²) < 4.78 is 6.29. The number of benzene rings is 5. The van der Waals surface area contributed by atoms with Gasteiger partial charge in [-0.1, -0.05) is 121 Å². The standard InChI is InChI=1S/C34H22N2O/c1-3-12-23(13-4-1)25-16-11-17-26(22-25)32-31-29-20-9-10-21-30(29)37-34(31)36-33(35-32)28-19-8-7-18-27(28)24-14-5-2-6-15-24/h1-22H. The van der Waals surface area contributed by atoms with Crippen molar-refractivity contribution < 1.29 is 4.42 Å². The Morgan fingerprint density at radius 1 is 0.459 bits per heavy atom. The van der Waals surface area contributed by atoms with E-state index in [1.807, 2.05) is 36.4 Å². The van der Waals surface area contributed by atoms with Crippen molar-refractivity contribution in [3.63, 3.8) is 0 Å². The first kappa shape index (κ1) is 21.3. The molecule has 0 amide bonds. The van der Waals surface area contributed by atoms with Gasteiger partial charge in [0.15, 0.2) is 5.82 Å². The number of hydrogen-bond donors (Lipinski definition) is 0. The Morgan fingerprint density at radius 3 is 1.89 bits per heavy atom. The molecular formula is C34H22N2O. The first-order valence-corrected chi connectivity index (χ1v) is 12.4.